The first-order chi connectivity index (χ1) is 19.9. The van der Waals surface area contributed by atoms with Crippen molar-refractivity contribution < 1.29 is 19.2 Å². The number of carbonyl (C=O) groups excluding carboxylic acids is 3. The van der Waals surface area contributed by atoms with Crippen molar-refractivity contribution >= 4 is 34.6 Å². The molecule has 3 aromatic rings. The summed E-state index contributed by atoms with van der Waals surface area (Å²) in [5.41, 5.74) is 7.05. The molecule has 2 aliphatic rings. The van der Waals surface area contributed by atoms with Gasteiger partial charge in [-0.2, -0.15) is 0 Å². The second-order valence-electron chi connectivity index (χ2n) is 11.5. The van der Waals surface area contributed by atoms with E-state index in [1.165, 1.54) is 67.9 Å². The van der Waals surface area contributed by atoms with Crippen LogP contribution in [0, 0.1) is 0 Å². The fourth-order valence-corrected chi connectivity index (χ4v) is 7.30. The van der Waals surface area contributed by atoms with E-state index in [1.54, 1.807) is 0 Å². The summed E-state index contributed by atoms with van der Waals surface area (Å²) in [6.07, 6.45) is 11.7. The van der Waals surface area contributed by atoms with Crippen LogP contribution in [0.3, 0.4) is 0 Å². The van der Waals surface area contributed by atoms with Gasteiger partial charge in [0.05, 0.1) is 4.88 Å². The molecule has 2 aromatic carbocycles. The van der Waals surface area contributed by atoms with Crippen LogP contribution in [0.25, 0.3) is 11.1 Å². The zero-order valence-corrected chi connectivity index (χ0v) is 25.2. The van der Waals surface area contributed by atoms with E-state index in [0.29, 0.717) is 12.0 Å². The van der Waals surface area contributed by atoms with Gasteiger partial charge in [-0.1, -0.05) is 94.6 Å². The Morgan fingerprint density at radius 1 is 0.878 bits per heavy atom. The van der Waals surface area contributed by atoms with Crippen molar-refractivity contribution in [2.45, 2.75) is 96.8 Å². The third-order valence-corrected chi connectivity index (χ3v) is 9.52. The topological polar surface area (TPSA) is 72.8 Å². The van der Waals surface area contributed by atoms with Crippen LogP contribution in [0.2, 0.25) is 0 Å². The summed E-state index contributed by atoms with van der Waals surface area (Å²) in [6.45, 7) is 5.75. The maximum Gasteiger partial charge on any atom is 0.331 e. The summed E-state index contributed by atoms with van der Waals surface area (Å²) in [5.74, 6) is -0.657. The summed E-state index contributed by atoms with van der Waals surface area (Å²) < 4.78 is 0. The maximum absolute atomic E-state index is 13.5. The molecule has 0 radical (unpaired) electrons. The zero-order chi connectivity index (χ0) is 29.0. The molecule has 0 aliphatic heterocycles. The number of benzene rings is 2. The Hall–Kier alpha value is -3.38. The van der Waals surface area contributed by atoms with E-state index >= 15 is 0 Å². The molecule has 5 nitrogen and oxygen atoms in total. The number of carbonyl (C=O) groups is 3. The van der Waals surface area contributed by atoms with Crippen molar-refractivity contribution in [3.63, 3.8) is 0 Å². The Bertz CT molecular complexity index is 1470. The molecule has 5 rings (SSSR count). The first-order valence-electron chi connectivity index (χ1n) is 15.1. The summed E-state index contributed by atoms with van der Waals surface area (Å²) >= 11 is 1.48. The Labute approximate surface area is 247 Å². The van der Waals surface area contributed by atoms with Crippen LogP contribution < -0.4 is 0 Å². The highest BCUT2D eigenvalue weighted by atomic mass is 32.1. The van der Waals surface area contributed by atoms with Gasteiger partial charge < -0.3 is 4.84 Å². The van der Waals surface area contributed by atoms with Gasteiger partial charge in [0, 0.05) is 29.9 Å². The van der Waals surface area contributed by atoms with Crippen LogP contribution in [0.4, 0.5) is 0 Å². The fraction of sp³-hybridized carbons (Fsp3) is 0.429. The van der Waals surface area contributed by atoms with Gasteiger partial charge in [-0.05, 0) is 64.2 Å². The highest BCUT2D eigenvalue weighted by Crippen LogP contribution is 2.55. The Kier molecular flexibility index (Phi) is 8.98. The SMILES string of the molecule is CCCCCCC1(CCCCCC)c2cc(C(=O)c3cccs3)ccc2-c2cc3c(cc21)C/C(=N/OC(C)=O)C3=O. The molecule has 0 spiro atoms. The number of hydrogen-bond acceptors (Lipinski definition) is 6. The molecule has 1 aromatic heterocycles. The van der Waals surface area contributed by atoms with E-state index in [1.807, 2.05) is 29.6 Å². The van der Waals surface area contributed by atoms with Crippen LogP contribution in [0.15, 0.2) is 53.0 Å². The van der Waals surface area contributed by atoms with Crippen molar-refractivity contribution in [3.05, 3.63) is 80.5 Å². The lowest BCUT2D eigenvalue weighted by molar-refractivity contribution is -0.140. The maximum atomic E-state index is 13.5. The quantitative estimate of drug-likeness (QED) is 0.0892. The molecule has 1 heterocycles. The van der Waals surface area contributed by atoms with Crippen LogP contribution in [-0.4, -0.2) is 23.2 Å². The Morgan fingerprint density at radius 3 is 2.22 bits per heavy atom. The molecule has 0 bridgehead atoms. The number of hydrogen-bond donors (Lipinski definition) is 0. The van der Waals surface area contributed by atoms with Crippen LogP contribution in [-0.2, 0) is 21.5 Å². The van der Waals surface area contributed by atoms with Gasteiger partial charge in [-0.3, -0.25) is 9.59 Å². The molecule has 0 saturated carbocycles. The number of oxime groups is 1. The lowest BCUT2D eigenvalue weighted by atomic mass is 9.70. The average molecular weight is 570 g/mol. The van der Waals surface area contributed by atoms with E-state index in [2.05, 4.69) is 37.2 Å². The van der Waals surface area contributed by atoms with Crippen LogP contribution >= 0.6 is 11.3 Å². The molecule has 6 heteroatoms. The minimum atomic E-state index is -0.538. The van der Waals surface area contributed by atoms with E-state index in [4.69, 9.17) is 4.84 Å². The van der Waals surface area contributed by atoms with Gasteiger partial charge in [0.1, 0.15) is 5.71 Å². The predicted octanol–water partition coefficient (Wildman–Crippen LogP) is 8.84. The Morgan fingerprint density at radius 2 is 1.59 bits per heavy atom. The molecule has 0 unspecified atom stereocenters. The van der Waals surface area contributed by atoms with Gasteiger partial charge in [0.15, 0.2) is 0 Å². The first-order valence-corrected chi connectivity index (χ1v) is 16.0. The lowest BCUT2D eigenvalue weighted by Gasteiger charge is -2.33. The van der Waals surface area contributed by atoms with Gasteiger partial charge in [0.2, 0.25) is 11.6 Å². The van der Waals surface area contributed by atoms with Crippen molar-refractivity contribution in [3.8, 4) is 11.1 Å². The van der Waals surface area contributed by atoms with Crippen molar-refractivity contribution in [1.29, 1.82) is 0 Å². The standard InChI is InChI=1S/C35H39NO4S/c1-4-6-8-10-16-35(17-11-9-7-5-2)29-19-24(33(38)32-13-12-18-41-32)14-15-26(29)28-22-27-25(20-30(28)35)21-31(34(27)39)36-40-23(3)37/h12-15,18-20,22H,4-11,16-17,21H2,1-3H3/b36-31-. The summed E-state index contributed by atoms with van der Waals surface area (Å²) in [6, 6.07) is 14.2. The Balaban J connectivity index is 1.63. The third-order valence-electron chi connectivity index (χ3n) is 8.65. The van der Waals surface area contributed by atoms with E-state index in [9.17, 15) is 14.4 Å². The van der Waals surface area contributed by atoms with Gasteiger partial charge in [0.25, 0.3) is 0 Å². The predicted molar refractivity (Wildman–Crippen MR) is 165 cm³/mol. The number of Topliss-reactive ketones (excluding diaryl/α,β-unsaturated/α-hetero) is 1. The molecule has 214 valence electrons. The third kappa shape index (κ3) is 5.72. The average Bonchev–Trinajstić information content (AvgIpc) is 3.68. The number of thiophene rings is 1. The first kappa shape index (κ1) is 29.1. The van der Waals surface area contributed by atoms with Crippen molar-refractivity contribution in [2.24, 2.45) is 5.16 Å². The monoisotopic (exact) mass is 569 g/mol. The van der Waals surface area contributed by atoms with E-state index in [-0.39, 0.29) is 22.7 Å². The molecule has 0 atom stereocenters. The molecule has 0 fully saturated rings. The highest BCUT2D eigenvalue weighted by Gasteiger charge is 2.44. The highest BCUT2D eigenvalue weighted by molar-refractivity contribution is 7.12. The molecule has 0 saturated heterocycles. The minimum Gasteiger partial charge on any atom is -0.318 e. The number of fused-ring (bicyclic) bond motifs is 4. The fourth-order valence-electron chi connectivity index (χ4n) is 6.61. The van der Waals surface area contributed by atoms with Crippen molar-refractivity contribution in [1.82, 2.24) is 0 Å². The zero-order valence-electron chi connectivity index (χ0n) is 24.4. The largest absolute Gasteiger partial charge is 0.331 e. The number of rotatable bonds is 13. The van der Waals surface area contributed by atoms with E-state index < -0.39 is 5.97 Å². The van der Waals surface area contributed by atoms with Crippen LogP contribution in [0.5, 0.6) is 0 Å². The summed E-state index contributed by atoms with van der Waals surface area (Å²) in [4.78, 5) is 43.7. The number of unbranched alkanes of at least 4 members (excludes halogenated alkanes) is 6. The number of nitrogens with zero attached hydrogens (tertiary/aromatic N) is 1. The van der Waals surface area contributed by atoms with Gasteiger partial charge in [-0.25, -0.2) is 4.79 Å². The lowest BCUT2D eigenvalue weighted by Crippen LogP contribution is -2.26. The van der Waals surface area contributed by atoms with Crippen LogP contribution in [0.1, 0.15) is 127 Å². The van der Waals surface area contributed by atoms with E-state index in [0.717, 1.165) is 52.8 Å². The normalized spacial score (nSPS) is 15.6. The minimum absolute atomic E-state index is 0.0635. The second-order valence-corrected chi connectivity index (χ2v) is 12.4. The summed E-state index contributed by atoms with van der Waals surface area (Å²) in [7, 11) is 0. The molecule has 0 amide bonds. The van der Waals surface area contributed by atoms with Crippen molar-refractivity contribution in [2.75, 3.05) is 0 Å². The smallest absolute Gasteiger partial charge is 0.318 e. The number of ketones is 2. The summed E-state index contributed by atoms with van der Waals surface area (Å²) in [5, 5.41) is 5.82. The second kappa shape index (κ2) is 12.6. The van der Waals surface area contributed by atoms with Gasteiger partial charge in [-0.15, -0.1) is 11.3 Å². The van der Waals surface area contributed by atoms with Gasteiger partial charge >= 0.3 is 5.97 Å². The molecule has 2 aliphatic carbocycles. The molecule has 41 heavy (non-hydrogen) atoms. The molecular weight excluding hydrogens is 530 g/mol. The molecular formula is C35H39NO4S. The molecule has 0 N–H and O–H groups in total.